The molecule has 0 N–H and O–H groups in total. The van der Waals surface area contributed by atoms with Gasteiger partial charge in [-0.05, 0) is 25.7 Å². The number of hydrogen-bond acceptors (Lipinski definition) is 3. The van der Waals surface area contributed by atoms with Gasteiger partial charge in [0.05, 0.1) is 4.92 Å². The molecule has 0 aromatic heterocycles. The predicted molar refractivity (Wildman–Crippen MR) is 58.2 cm³/mol. The number of non-ortho nitro benzene ring substituents is 1. The Kier molecular flexibility index (Phi) is 3.60. The molecule has 0 atom stereocenters. The van der Waals surface area contributed by atoms with Crippen LogP contribution < -0.4 is 0 Å². The third-order valence-electron chi connectivity index (χ3n) is 1.73. The van der Waals surface area contributed by atoms with Gasteiger partial charge in [-0.15, -0.1) is 0 Å². The van der Waals surface area contributed by atoms with Crippen LogP contribution in [0.1, 0.15) is 5.56 Å². The highest BCUT2D eigenvalue weighted by Gasteiger charge is 2.09. The Morgan fingerprint density at radius 2 is 2.14 bits per heavy atom. The first-order chi connectivity index (χ1) is 6.50. The van der Waals surface area contributed by atoms with E-state index in [0.717, 1.165) is 10.0 Å². The second kappa shape index (κ2) is 4.52. The fraction of sp³-hybridized carbons (Fsp3) is 0.333. The first-order valence-electron chi connectivity index (χ1n) is 4.08. The summed E-state index contributed by atoms with van der Waals surface area (Å²) in [6.07, 6.45) is 0. The average Bonchev–Trinajstić information content (AvgIpc) is 2.07. The van der Waals surface area contributed by atoms with Gasteiger partial charge in [0, 0.05) is 23.2 Å². The van der Waals surface area contributed by atoms with E-state index >= 15 is 0 Å². The van der Waals surface area contributed by atoms with Crippen LogP contribution in [0.2, 0.25) is 0 Å². The summed E-state index contributed by atoms with van der Waals surface area (Å²) in [5, 5.41) is 10.5. The fourth-order valence-electron chi connectivity index (χ4n) is 1.14. The Balaban J connectivity index is 3.02. The first-order valence-corrected chi connectivity index (χ1v) is 4.87. The van der Waals surface area contributed by atoms with E-state index < -0.39 is 0 Å². The molecule has 1 rings (SSSR count). The van der Waals surface area contributed by atoms with Crippen molar-refractivity contribution >= 4 is 21.6 Å². The van der Waals surface area contributed by atoms with Crippen molar-refractivity contribution in [1.82, 2.24) is 4.90 Å². The van der Waals surface area contributed by atoms with E-state index in [9.17, 15) is 10.1 Å². The van der Waals surface area contributed by atoms with E-state index in [1.165, 1.54) is 6.07 Å². The Morgan fingerprint density at radius 3 is 2.64 bits per heavy atom. The van der Waals surface area contributed by atoms with Gasteiger partial charge in [-0.25, -0.2) is 0 Å². The monoisotopic (exact) mass is 258 g/mol. The molecule has 5 heteroatoms. The number of benzene rings is 1. The smallest absolute Gasteiger partial charge is 0.269 e. The summed E-state index contributed by atoms with van der Waals surface area (Å²) < 4.78 is 0.900. The first kappa shape index (κ1) is 11.1. The van der Waals surface area contributed by atoms with Gasteiger partial charge in [-0.2, -0.15) is 0 Å². The largest absolute Gasteiger partial charge is 0.305 e. The van der Waals surface area contributed by atoms with Crippen LogP contribution in [0.3, 0.4) is 0 Å². The zero-order valence-electron chi connectivity index (χ0n) is 8.03. The molecular formula is C9H11BrN2O2. The number of nitrogens with zero attached hydrogens (tertiary/aromatic N) is 2. The quantitative estimate of drug-likeness (QED) is 0.618. The Bertz CT molecular complexity index is 353. The SMILES string of the molecule is CN(C)Cc1cc([N+](=O)[O-])ccc1Br. The van der Waals surface area contributed by atoms with Crippen LogP contribution in [0.5, 0.6) is 0 Å². The van der Waals surface area contributed by atoms with E-state index in [0.29, 0.717) is 6.54 Å². The summed E-state index contributed by atoms with van der Waals surface area (Å²) in [7, 11) is 3.84. The second-order valence-electron chi connectivity index (χ2n) is 3.27. The topological polar surface area (TPSA) is 46.4 Å². The van der Waals surface area contributed by atoms with Gasteiger partial charge < -0.3 is 4.90 Å². The maximum atomic E-state index is 10.5. The van der Waals surface area contributed by atoms with Crippen molar-refractivity contribution in [2.24, 2.45) is 0 Å². The lowest BCUT2D eigenvalue weighted by atomic mass is 10.2. The van der Waals surface area contributed by atoms with Gasteiger partial charge in [0.25, 0.3) is 5.69 Å². The van der Waals surface area contributed by atoms with Crippen molar-refractivity contribution in [2.45, 2.75) is 6.54 Å². The molecule has 1 aromatic rings. The third kappa shape index (κ3) is 2.78. The number of rotatable bonds is 3. The maximum Gasteiger partial charge on any atom is 0.269 e. The molecule has 0 spiro atoms. The van der Waals surface area contributed by atoms with Crippen LogP contribution in [0.4, 0.5) is 5.69 Å². The molecule has 0 bridgehead atoms. The standard InChI is InChI=1S/C9H11BrN2O2/c1-11(2)6-7-5-8(12(13)14)3-4-9(7)10/h3-5H,6H2,1-2H3. The summed E-state index contributed by atoms with van der Waals surface area (Å²) in [6.45, 7) is 0.683. The maximum absolute atomic E-state index is 10.5. The minimum Gasteiger partial charge on any atom is -0.305 e. The van der Waals surface area contributed by atoms with E-state index in [4.69, 9.17) is 0 Å². The van der Waals surface area contributed by atoms with Gasteiger partial charge in [0.15, 0.2) is 0 Å². The van der Waals surface area contributed by atoms with E-state index in [-0.39, 0.29) is 10.6 Å². The molecule has 0 saturated heterocycles. The minimum atomic E-state index is -0.383. The van der Waals surface area contributed by atoms with Crippen LogP contribution in [-0.4, -0.2) is 23.9 Å². The fourth-order valence-corrected chi connectivity index (χ4v) is 1.51. The zero-order valence-corrected chi connectivity index (χ0v) is 9.61. The lowest BCUT2D eigenvalue weighted by Crippen LogP contribution is -2.11. The zero-order chi connectivity index (χ0) is 10.7. The van der Waals surface area contributed by atoms with Crippen molar-refractivity contribution in [1.29, 1.82) is 0 Å². The highest BCUT2D eigenvalue weighted by molar-refractivity contribution is 9.10. The summed E-state index contributed by atoms with van der Waals surface area (Å²) in [6, 6.07) is 4.78. The number of halogens is 1. The highest BCUT2D eigenvalue weighted by atomic mass is 79.9. The van der Waals surface area contributed by atoms with Crippen molar-refractivity contribution in [3.63, 3.8) is 0 Å². The van der Waals surface area contributed by atoms with Crippen LogP contribution in [0, 0.1) is 10.1 Å². The molecule has 0 aliphatic carbocycles. The van der Waals surface area contributed by atoms with Gasteiger partial charge in [-0.3, -0.25) is 10.1 Å². The van der Waals surface area contributed by atoms with Crippen LogP contribution in [0.25, 0.3) is 0 Å². The Labute approximate surface area is 90.8 Å². The summed E-state index contributed by atoms with van der Waals surface area (Å²) in [5.41, 5.74) is 1.05. The second-order valence-corrected chi connectivity index (χ2v) is 4.12. The molecule has 14 heavy (non-hydrogen) atoms. The van der Waals surface area contributed by atoms with Gasteiger partial charge in [-0.1, -0.05) is 15.9 Å². The van der Waals surface area contributed by atoms with Crippen LogP contribution in [0.15, 0.2) is 22.7 Å². The van der Waals surface area contributed by atoms with Gasteiger partial charge >= 0.3 is 0 Å². The third-order valence-corrected chi connectivity index (χ3v) is 2.50. The Hall–Kier alpha value is -0.940. The van der Waals surface area contributed by atoms with Gasteiger partial charge in [0.1, 0.15) is 0 Å². The molecule has 1 aromatic carbocycles. The average molecular weight is 259 g/mol. The van der Waals surface area contributed by atoms with Crippen molar-refractivity contribution in [3.05, 3.63) is 38.3 Å². The van der Waals surface area contributed by atoms with Crippen molar-refractivity contribution < 1.29 is 4.92 Å². The van der Waals surface area contributed by atoms with Gasteiger partial charge in [0.2, 0.25) is 0 Å². The molecule has 0 amide bonds. The van der Waals surface area contributed by atoms with E-state index in [1.807, 2.05) is 19.0 Å². The predicted octanol–water partition coefficient (Wildman–Crippen LogP) is 2.42. The number of nitro benzene ring substituents is 1. The molecule has 0 fully saturated rings. The normalized spacial score (nSPS) is 10.6. The van der Waals surface area contributed by atoms with Crippen molar-refractivity contribution in [3.8, 4) is 0 Å². The molecule has 4 nitrogen and oxygen atoms in total. The van der Waals surface area contributed by atoms with Crippen LogP contribution in [-0.2, 0) is 6.54 Å². The number of hydrogen-bond donors (Lipinski definition) is 0. The molecule has 76 valence electrons. The molecule has 0 aliphatic rings. The van der Waals surface area contributed by atoms with E-state index in [1.54, 1.807) is 12.1 Å². The number of nitro groups is 1. The van der Waals surface area contributed by atoms with Crippen LogP contribution >= 0.6 is 15.9 Å². The van der Waals surface area contributed by atoms with E-state index in [2.05, 4.69) is 15.9 Å². The molecule has 0 aliphatic heterocycles. The molecule has 0 heterocycles. The van der Waals surface area contributed by atoms with Crippen molar-refractivity contribution in [2.75, 3.05) is 14.1 Å². The molecular weight excluding hydrogens is 248 g/mol. The minimum absolute atomic E-state index is 0.130. The Morgan fingerprint density at radius 1 is 1.50 bits per heavy atom. The molecule has 0 radical (unpaired) electrons. The lowest BCUT2D eigenvalue weighted by molar-refractivity contribution is -0.384. The molecule has 0 unspecified atom stereocenters. The lowest BCUT2D eigenvalue weighted by Gasteiger charge is -2.10. The summed E-state index contributed by atoms with van der Waals surface area (Å²) in [5.74, 6) is 0. The highest BCUT2D eigenvalue weighted by Crippen LogP contribution is 2.23. The summed E-state index contributed by atoms with van der Waals surface area (Å²) in [4.78, 5) is 12.1. The molecule has 0 saturated carbocycles. The summed E-state index contributed by atoms with van der Waals surface area (Å²) >= 11 is 3.36.